The molecule has 0 heterocycles. The van der Waals surface area contributed by atoms with Crippen molar-refractivity contribution >= 4 is 0 Å². The van der Waals surface area contributed by atoms with Crippen LogP contribution in [0.3, 0.4) is 0 Å². The fourth-order valence-corrected chi connectivity index (χ4v) is 4.17. The van der Waals surface area contributed by atoms with Crippen molar-refractivity contribution in [2.75, 3.05) is 6.61 Å². The van der Waals surface area contributed by atoms with Crippen LogP contribution >= 0.6 is 0 Å². The van der Waals surface area contributed by atoms with Gasteiger partial charge in [-0.3, -0.25) is 0 Å². The summed E-state index contributed by atoms with van der Waals surface area (Å²) in [4.78, 5) is 0. The van der Waals surface area contributed by atoms with E-state index >= 15 is 0 Å². The average Bonchev–Trinajstić information content (AvgIpc) is 2.79. The van der Waals surface area contributed by atoms with Crippen LogP contribution in [0.15, 0.2) is 60.7 Å². The van der Waals surface area contributed by atoms with Gasteiger partial charge in [0.05, 0.1) is 6.61 Å². The molecule has 1 saturated carbocycles. The molecule has 1 aliphatic rings. The summed E-state index contributed by atoms with van der Waals surface area (Å²) < 4.78 is 5.79. The van der Waals surface area contributed by atoms with Gasteiger partial charge in [0.1, 0.15) is 5.75 Å². The Morgan fingerprint density at radius 3 is 2.30 bits per heavy atom. The molecule has 158 valence electrons. The second-order valence-electron chi connectivity index (χ2n) is 8.46. The summed E-state index contributed by atoms with van der Waals surface area (Å²) in [5, 5.41) is 0. The molecule has 0 radical (unpaired) electrons. The van der Waals surface area contributed by atoms with Crippen molar-refractivity contribution in [2.24, 2.45) is 5.92 Å². The first kappa shape index (κ1) is 22.2. The van der Waals surface area contributed by atoms with Gasteiger partial charge < -0.3 is 4.74 Å². The molecule has 30 heavy (non-hydrogen) atoms. The second kappa shape index (κ2) is 12.3. The maximum atomic E-state index is 5.79. The highest BCUT2D eigenvalue weighted by atomic mass is 16.5. The summed E-state index contributed by atoms with van der Waals surface area (Å²) in [6.45, 7) is 5.23. The van der Waals surface area contributed by atoms with Crippen molar-refractivity contribution < 1.29 is 4.74 Å². The molecule has 1 nitrogen and oxygen atoms in total. The zero-order valence-electron chi connectivity index (χ0n) is 18.7. The van der Waals surface area contributed by atoms with Gasteiger partial charge >= 0.3 is 0 Å². The first-order valence-electron chi connectivity index (χ1n) is 11.8. The second-order valence-corrected chi connectivity index (χ2v) is 8.46. The van der Waals surface area contributed by atoms with Crippen molar-refractivity contribution in [1.29, 1.82) is 0 Å². The van der Waals surface area contributed by atoms with Crippen molar-refractivity contribution in [2.45, 2.75) is 71.1 Å². The van der Waals surface area contributed by atoms with Gasteiger partial charge in [-0.15, -0.1) is 0 Å². The van der Waals surface area contributed by atoms with Crippen molar-refractivity contribution in [1.82, 2.24) is 0 Å². The van der Waals surface area contributed by atoms with Crippen LogP contribution in [0.2, 0.25) is 0 Å². The van der Waals surface area contributed by atoms with E-state index in [1.54, 1.807) is 0 Å². The van der Waals surface area contributed by atoms with E-state index in [4.69, 9.17) is 4.74 Å². The van der Waals surface area contributed by atoms with E-state index in [-0.39, 0.29) is 0 Å². The Bertz CT molecular complexity index is 825. The summed E-state index contributed by atoms with van der Waals surface area (Å²) in [6, 6.07) is 17.5. The fourth-order valence-electron chi connectivity index (χ4n) is 4.17. The van der Waals surface area contributed by atoms with Crippen LogP contribution in [0.5, 0.6) is 5.75 Å². The van der Waals surface area contributed by atoms with E-state index in [0.717, 1.165) is 30.8 Å². The molecule has 0 unspecified atom stereocenters. The Morgan fingerprint density at radius 1 is 0.900 bits per heavy atom. The maximum absolute atomic E-state index is 5.79. The lowest BCUT2D eigenvalue weighted by atomic mass is 9.78. The minimum atomic E-state index is 0.666. The number of hydrogen-bond acceptors (Lipinski definition) is 1. The zero-order valence-corrected chi connectivity index (χ0v) is 18.7. The Labute approximate surface area is 183 Å². The van der Waals surface area contributed by atoms with Gasteiger partial charge in [0.15, 0.2) is 0 Å². The van der Waals surface area contributed by atoms with E-state index in [0.29, 0.717) is 11.8 Å². The number of hydrogen-bond donors (Lipinski definition) is 0. The van der Waals surface area contributed by atoms with Crippen molar-refractivity contribution in [3.05, 3.63) is 77.4 Å². The third kappa shape index (κ3) is 7.10. The molecule has 0 atom stereocenters. The number of ether oxygens (including phenoxy) is 1. The van der Waals surface area contributed by atoms with Crippen molar-refractivity contribution in [3.8, 4) is 17.6 Å². The van der Waals surface area contributed by atoms with Crippen LogP contribution in [-0.4, -0.2) is 6.61 Å². The van der Waals surface area contributed by atoms with Gasteiger partial charge in [0.2, 0.25) is 0 Å². The number of rotatable bonds is 8. The summed E-state index contributed by atoms with van der Waals surface area (Å²) in [7, 11) is 0. The Hall–Kier alpha value is -2.46. The third-order valence-corrected chi connectivity index (χ3v) is 6.05. The van der Waals surface area contributed by atoms with Gasteiger partial charge in [-0.05, 0) is 91.8 Å². The largest absolute Gasteiger partial charge is 0.494 e. The van der Waals surface area contributed by atoms with Crippen molar-refractivity contribution in [3.63, 3.8) is 0 Å². The molecule has 0 aromatic heterocycles. The number of aryl methyl sites for hydroxylation is 1. The van der Waals surface area contributed by atoms with Crippen LogP contribution in [0.25, 0.3) is 0 Å². The van der Waals surface area contributed by atoms with E-state index in [9.17, 15) is 0 Å². The van der Waals surface area contributed by atoms with Crippen LogP contribution in [0.1, 0.15) is 81.4 Å². The summed E-state index contributed by atoms with van der Waals surface area (Å²) in [5.41, 5.74) is 3.96. The number of unbranched alkanes of at least 4 members (excludes halogenated alkanes) is 1. The molecule has 2 aromatic rings. The lowest BCUT2D eigenvalue weighted by molar-refractivity contribution is 0.309. The number of benzene rings is 2. The first-order chi connectivity index (χ1) is 14.8. The number of allylic oxidation sites excluding steroid dienone is 2. The van der Waals surface area contributed by atoms with Crippen LogP contribution in [-0.2, 0) is 6.42 Å². The van der Waals surface area contributed by atoms with Gasteiger partial charge in [0, 0.05) is 5.56 Å². The van der Waals surface area contributed by atoms with E-state index < -0.39 is 0 Å². The molecule has 0 aliphatic heterocycles. The van der Waals surface area contributed by atoms with Gasteiger partial charge in [-0.25, -0.2) is 0 Å². The minimum absolute atomic E-state index is 0.666. The molecule has 2 aromatic carbocycles. The van der Waals surface area contributed by atoms with Gasteiger partial charge in [0.25, 0.3) is 0 Å². The third-order valence-electron chi connectivity index (χ3n) is 6.05. The highest BCUT2D eigenvalue weighted by Gasteiger charge is 2.20. The topological polar surface area (TPSA) is 9.23 Å². The SMILES string of the molecule is CCCCOc1ccc(C2CCC(/C=C/C#Cc3ccc(CCC)cc3)CC2)cc1. The molecule has 1 aliphatic carbocycles. The van der Waals surface area contributed by atoms with Gasteiger partial charge in [-0.1, -0.05) is 68.9 Å². The molecule has 3 rings (SSSR count). The lowest BCUT2D eigenvalue weighted by Crippen LogP contribution is -2.11. The summed E-state index contributed by atoms with van der Waals surface area (Å²) >= 11 is 0. The Kier molecular flexibility index (Phi) is 9.10. The molecule has 0 amide bonds. The predicted octanol–water partition coefficient (Wildman–Crippen LogP) is 7.70. The average molecular weight is 401 g/mol. The highest BCUT2D eigenvalue weighted by Crippen LogP contribution is 2.36. The van der Waals surface area contributed by atoms with Gasteiger partial charge in [-0.2, -0.15) is 0 Å². The molecule has 0 spiro atoms. The monoisotopic (exact) mass is 400 g/mol. The van der Waals surface area contributed by atoms with Crippen LogP contribution in [0, 0.1) is 17.8 Å². The van der Waals surface area contributed by atoms with Crippen LogP contribution in [0.4, 0.5) is 0 Å². The summed E-state index contributed by atoms with van der Waals surface area (Å²) in [5.74, 6) is 8.84. The van der Waals surface area contributed by atoms with E-state index in [1.807, 2.05) is 0 Å². The molecule has 0 saturated heterocycles. The van der Waals surface area contributed by atoms with Crippen LogP contribution < -0.4 is 4.74 Å². The fraction of sp³-hybridized carbons (Fsp3) is 0.448. The molecule has 0 bridgehead atoms. The molecule has 1 fully saturated rings. The smallest absolute Gasteiger partial charge is 0.119 e. The Morgan fingerprint density at radius 2 is 1.63 bits per heavy atom. The minimum Gasteiger partial charge on any atom is -0.494 e. The molecule has 0 N–H and O–H groups in total. The maximum Gasteiger partial charge on any atom is 0.119 e. The lowest BCUT2D eigenvalue weighted by Gasteiger charge is -2.27. The van der Waals surface area contributed by atoms with E-state index in [1.165, 1.54) is 49.7 Å². The van der Waals surface area contributed by atoms with E-state index in [2.05, 4.69) is 86.4 Å². The Balaban J connectivity index is 1.43. The first-order valence-corrected chi connectivity index (χ1v) is 11.8. The molecular weight excluding hydrogens is 364 g/mol. The predicted molar refractivity (Wildman–Crippen MR) is 128 cm³/mol. The molecule has 1 heteroatoms. The zero-order chi connectivity index (χ0) is 21.0. The standard InChI is InChI=1S/C29H36O/c1-3-5-23-30-29-21-19-28(20-22-29)27-17-15-26(16-18-27)10-7-6-9-25-13-11-24(8-4-2)12-14-25/h7,10-14,19-22,26-27H,3-5,8,15-18,23H2,1-2H3/b10-7+. The molecular formula is C29H36O. The quantitative estimate of drug-likeness (QED) is 0.326. The normalized spacial score (nSPS) is 18.7. The summed E-state index contributed by atoms with van der Waals surface area (Å²) in [6.07, 6.45) is 14.0. The highest BCUT2D eigenvalue weighted by molar-refractivity contribution is 5.38.